The number of aryl methyl sites for hydroxylation is 1. The predicted molar refractivity (Wildman–Crippen MR) is 201 cm³/mol. The topological polar surface area (TPSA) is 140 Å². The van der Waals surface area contributed by atoms with Gasteiger partial charge in [0.1, 0.15) is 12.7 Å². The van der Waals surface area contributed by atoms with Crippen LogP contribution in [0.2, 0.25) is 0 Å². The van der Waals surface area contributed by atoms with Crippen molar-refractivity contribution in [2.24, 2.45) is 34.5 Å². The Balaban J connectivity index is 0.00000175. The Hall–Kier alpha value is -2.03. The van der Waals surface area contributed by atoms with Gasteiger partial charge in [0.25, 0.3) is 0 Å². The third-order valence-corrected chi connectivity index (χ3v) is 13.3. The molecule has 5 fully saturated rings. The first-order valence-corrected chi connectivity index (χ1v) is 19.9. The second-order valence-electron chi connectivity index (χ2n) is 17.0. The molecular formula is C41H68N2O10. The predicted octanol–water partition coefficient (Wildman–Crippen LogP) is 5.82. The Morgan fingerprint density at radius 2 is 1.57 bits per heavy atom. The van der Waals surface area contributed by atoms with Crippen LogP contribution in [0.1, 0.15) is 91.2 Å². The van der Waals surface area contributed by atoms with Crippen molar-refractivity contribution < 1.29 is 47.9 Å². The van der Waals surface area contributed by atoms with Crippen molar-refractivity contribution in [1.82, 2.24) is 4.90 Å². The minimum Gasteiger partial charge on any atom is -0.485 e. The van der Waals surface area contributed by atoms with E-state index in [-0.39, 0.29) is 47.4 Å². The molecular weight excluding hydrogens is 680 g/mol. The number of nitrogens with two attached hydrogens (primary N) is 1. The molecule has 4 aliphatic carbocycles. The van der Waals surface area contributed by atoms with Crippen molar-refractivity contribution >= 4 is 6.16 Å². The van der Waals surface area contributed by atoms with E-state index >= 15 is 0 Å². The fourth-order valence-electron chi connectivity index (χ4n) is 10.1. The Bertz CT molecular complexity index is 1350. The van der Waals surface area contributed by atoms with Crippen molar-refractivity contribution in [3.8, 4) is 11.5 Å². The standard InChI is InChI=1S/C40H63NO9.CH5NO/c1-8-44-17-18-45-19-20-46-21-22-47-23-24-48-36(42)49-32-12-9-27(2)33-34(32)50-35-30-13-14-39(25-31(30)38(7,43)37(4,5)6)28(3)41(26-29-10-11-29)16-15-40(33,35)39;1-3-2/h9,12,28-31,35,43H,8,10-11,13-26H2,1-7H3;2H2,1H3/t28?,30-,31?,35-,38?,39+,40?;/m0./s1. The van der Waals surface area contributed by atoms with Gasteiger partial charge in [0.05, 0.1) is 59.0 Å². The molecule has 2 aliphatic heterocycles. The summed E-state index contributed by atoms with van der Waals surface area (Å²) in [5.74, 6) is 6.57. The summed E-state index contributed by atoms with van der Waals surface area (Å²) in [5.41, 5.74) is 0.991. The van der Waals surface area contributed by atoms with Gasteiger partial charge in [-0.2, -0.15) is 0 Å². The van der Waals surface area contributed by atoms with E-state index in [1.165, 1.54) is 31.1 Å². The average molecular weight is 749 g/mol. The molecule has 7 atom stereocenters. The normalized spacial score (nSPS) is 29.9. The molecule has 12 nitrogen and oxygen atoms in total. The second kappa shape index (κ2) is 17.8. The fourth-order valence-corrected chi connectivity index (χ4v) is 10.1. The zero-order valence-electron chi connectivity index (χ0n) is 33.7. The maximum atomic E-state index is 13.0. The minimum atomic E-state index is -0.863. The highest BCUT2D eigenvalue weighted by molar-refractivity contribution is 5.68. The number of carbonyl (C=O) groups is 1. The van der Waals surface area contributed by atoms with Crippen LogP contribution in [0.25, 0.3) is 0 Å². The van der Waals surface area contributed by atoms with Crippen molar-refractivity contribution in [1.29, 1.82) is 0 Å². The molecule has 7 rings (SSSR count). The van der Waals surface area contributed by atoms with Gasteiger partial charge in [-0.05, 0) is 107 Å². The van der Waals surface area contributed by atoms with Crippen molar-refractivity contribution in [2.45, 2.75) is 110 Å². The Morgan fingerprint density at radius 3 is 2.15 bits per heavy atom. The summed E-state index contributed by atoms with van der Waals surface area (Å²) in [5, 5.41) is 12.3. The van der Waals surface area contributed by atoms with E-state index in [4.69, 9.17) is 33.2 Å². The van der Waals surface area contributed by atoms with Gasteiger partial charge in [-0.15, -0.1) is 0 Å². The number of rotatable bonds is 17. The Labute approximate surface area is 317 Å². The number of benzene rings is 1. The smallest absolute Gasteiger partial charge is 0.485 e. The molecule has 302 valence electrons. The van der Waals surface area contributed by atoms with E-state index in [1.807, 2.05) is 13.0 Å². The molecule has 4 unspecified atom stereocenters. The molecule has 53 heavy (non-hydrogen) atoms. The molecule has 1 aromatic carbocycles. The highest BCUT2D eigenvalue weighted by Gasteiger charge is 2.75. The SMILES string of the molecule is CCOCCOCCOCCOCCOC(=O)Oc1ccc(C)c2c1O[C@H]1[C@H]3CC[C@@]4(CC3C(C)(O)C(C)(C)C)C(C)N(CC3CC3)CCC214.CON. The summed E-state index contributed by atoms with van der Waals surface area (Å²) in [6.07, 6.45) is 5.96. The zero-order valence-corrected chi connectivity index (χ0v) is 33.7. The lowest BCUT2D eigenvalue weighted by atomic mass is 9.36. The van der Waals surface area contributed by atoms with Crippen LogP contribution >= 0.6 is 0 Å². The molecule has 6 aliphatic rings. The van der Waals surface area contributed by atoms with Gasteiger partial charge in [-0.1, -0.05) is 26.8 Å². The van der Waals surface area contributed by atoms with Gasteiger partial charge >= 0.3 is 6.16 Å². The number of nitrogens with zero attached hydrogens (tertiary/aromatic N) is 1. The molecule has 4 saturated carbocycles. The third kappa shape index (κ3) is 8.55. The number of hydrogen-bond donors (Lipinski definition) is 2. The maximum Gasteiger partial charge on any atom is 0.514 e. The molecule has 2 spiro atoms. The summed E-state index contributed by atoms with van der Waals surface area (Å²) in [4.78, 5) is 19.5. The second-order valence-corrected chi connectivity index (χ2v) is 17.0. The number of aliphatic hydroxyl groups is 1. The van der Waals surface area contributed by atoms with E-state index < -0.39 is 11.8 Å². The van der Waals surface area contributed by atoms with Crippen LogP contribution in [0.4, 0.5) is 4.79 Å². The van der Waals surface area contributed by atoms with Crippen LogP contribution in [0.3, 0.4) is 0 Å². The lowest BCUT2D eigenvalue weighted by molar-refractivity contribution is -0.237. The molecule has 1 aromatic rings. The van der Waals surface area contributed by atoms with Gasteiger partial charge in [0.15, 0.2) is 11.5 Å². The van der Waals surface area contributed by atoms with E-state index in [0.29, 0.717) is 63.8 Å². The number of piperidine rings is 1. The summed E-state index contributed by atoms with van der Waals surface area (Å²) in [6.45, 7) is 21.3. The van der Waals surface area contributed by atoms with Crippen LogP contribution in [-0.2, 0) is 33.9 Å². The molecule has 2 heterocycles. The lowest BCUT2D eigenvalue weighted by Gasteiger charge is -2.71. The van der Waals surface area contributed by atoms with Gasteiger partial charge in [0.2, 0.25) is 0 Å². The summed E-state index contributed by atoms with van der Waals surface area (Å²) >= 11 is 0. The molecule has 0 radical (unpaired) electrons. The van der Waals surface area contributed by atoms with Crippen LogP contribution in [0, 0.1) is 35.5 Å². The quantitative estimate of drug-likeness (QED) is 0.0859. The van der Waals surface area contributed by atoms with Crippen LogP contribution in [-0.4, -0.2) is 114 Å². The fraction of sp³-hybridized carbons (Fsp3) is 0.829. The van der Waals surface area contributed by atoms with Crippen molar-refractivity contribution in [2.75, 3.05) is 79.7 Å². The Kier molecular flexibility index (Phi) is 14.2. The van der Waals surface area contributed by atoms with Gasteiger partial charge < -0.3 is 43.1 Å². The monoisotopic (exact) mass is 748 g/mol. The summed E-state index contributed by atoms with van der Waals surface area (Å²) in [6, 6.07) is 4.28. The number of carbonyl (C=O) groups excluding carboxylic acids is 1. The van der Waals surface area contributed by atoms with E-state index in [0.717, 1.165) is 44.7 Å². The summed E-state index contributed by atoms with van der Waals surface area (Å²) in [7, 11) is 1.40. The number of hydrogen-bond acceptors (Lipinski definition) is 12. The molecule has 3 N–H and O–H groups in total. The van der Waals surface area contributed by atoms with Crippen LogP contribution in [0.15, 0.2) is 12.1 Å². The first kappa shape index (κ1) is 42.1. The first-order valence-electron chi connectivity index (χ1n) is 19.9. The number of likely N-dealkylation sites (tertiary alicyclic amines) is 1. The van der Waals surface area contributed by atoms with E-state index in [9.17, 15) is 9.90 Å². The summed E-state index contributed by atoms with van der Waals surface area (Å²) < 4.78 is 40.2. The van der Waals surface area contributed by atoms with E-state index in [2.05, 4.69) is 63.2 Å². The lowest BCUT2D eigenvalue weighted by Crippen LogP contribution is -2.75. The molecule has 1 saturated heterocycles. The highest BCUT2D eigenvalue weighted by Crippen LogP contribution is 2.74. The van der Waals surface area contributed by atoms with Crippen LogP contribution in [0.5, 0.6) is 11.5 Å². The first-order chi connectivity index (χ1) is 25.3. The third-order valence-electron chi connectivity index (χ3n) is 13.3. The molecule has 12 heteroatoms. The molecule has 0 aromatic heterocycles. The molecule has 0 amide bonds. The van der Waals surface area contributed by atoms with Gasteiger partial charge in [0, 0.05) is 36.1 Å². The van der Waals surface area contributed by atoms with Crippen molar-refractivity contribution in [3.05, 3.63) is 23.3 Å². The number of fused-ring (bicyclic) bond motifs is 3. The van der Waals surface area contributed by atoms with Gasteiger partial charge in [-0.25, -0.2) is 10.7 Å². The largest absolute Gasteiger partial charge is 0.514 e. The minimum absolute atomic E-state index is 0.0632. The number of ether oxygens (including phenoxy) is 7. The van der Waals surface area contributed by atoms with Crippen molar-refractivity contribution in [3.63, 3.8) is 0 Å². The van der Waals surface area contributed by atoms with E-state index in [1.54, 1.807) is 0 Å². The van der Waals surface area contributed by atoms with Crippen LogP contribution < -0.4 is 15.4 Å². The molecule has 2 bridgehead atoms. The Morgan fingerprint density at radius 1 is 0.962 bits per heavy atom. The maximum absolute atomic E-state index is 13.0. The highest BCUT2D eigenvalue weighted by atomic mass is 16.7. The zero-order chi connectivity index (χ0) is 38.4. The van der Waals surface area contributed by atoms with Gasteiger partial charge in [-0.3, -0.25) is 4.90 Å². The average Bonchev–Trinajstić information content (AvgIpc) is 3.86.